The van der Waals surface area contributed by atoms with Crippen molar-refractivity contribution in [3.63, 3.8) is 0 Å². The van der Waals surface area contributed by atoms with Crippen LogP contribution in [0.2, 0.25) is 0 Å². The molecule has 3 amide bonds. The van der Waals surface area contributed by atoms with Crippen molar-refractivity contribution in [1.82, 2.24) is 20.0 Å². The molecule has 7 nitrogen and oxygen atoms in total. The number of carbonyl (C=O) groups excluding carboxylic acids is 3. The second-order valence-corrected chi connectivity index (χ2v) is 9.31. The number of hydrogen-bond donors (Lipinski definition) is 1. The smallest absolute Gasteiger partial charge is 0.244 e. The van der Waals surface area contributed by atoms with Crippen molar-refractivity contribution < 1.29 is 14.4 Å². The standard InChI is InChI=1S/C25H38N4O3/c1-19(30)26-21-18-22(25(32)27(2)3)29(24(21)20-12-7-6-8-13-20)23(31)14-11-17-28-15-9-4-5-10-16-28/h6-8,12-13,21-22,24H,4-5,9-11,14-18H2,1-3H3,(H,26,30)/t21-,22-,24-/m0/s1. The highest BCUT2D eigenvalue weighted by molar-refractivity contribution is 5.89. The second-order valence-electron chi connectivity index (χ2n) is 9.31. The van der Waals surface area contributed by atoms with Crippen molar-refractivity contribution in [2.45, 2.75) is 70.0 Å². The number of amides is 3. The Hall–Kier alpha value is -2.41. The van der Waals surface area contributed by atoms with Gasteiger partial charge in [0, 0.05) is 27.4 Å². The third-order valence-electron chi connectivity index (χ3n) is 6.60. The Morgan fingerprint density at radius 2 is 1.69 bits per heavy atom. The molecule has 2 heterocycles. The van der Waals surface area contributed by atoms with Crippen LogP contribution in [-0.4, -0.2) is 78.2 Å². The highest BCUT2D eigenvalue weighted by Gasteiger charge is 2.48. The number of nitrogens with one attached hydrogen (secondary N) is 1. The Kier molecular flexibility index (Phi) is 8.67. The molecule has 2 saturated heterocycles. The molecule has 2 aliphatic heterocycles. The Morgan fingerprint density at radius 3 is 2.28 bits per heavy atom. The fraction of sp³-hybridized carbons (Fsp3) is 0.640. The number of likely N-dealkylation sites (N-methyl/N-ethyl adjacent to an activating group) is 1. The summed E-state index contributed by atoms with van der Waals surface area (Å²) >= 11 is 0. The fourth-order valence-electron chi connectivity index (χ4n) is 5.10. The quantitative estimate of drug-likeness (QED) is 0.705. The minimum atomic E-state index is -0.572. The Labute approximate surface area is 192 Å². The lowest BCUT2D eigenvalue weighted by Crippen LogP contribution is -2.47. The summed E-state index contributed by atoms with van der Waals surface area (Å²) < 4.78 is 0. The SMILES string of the molecule is CC(=O)N[C@H]1C[C@@H](C(=O)N(C)C)N(C(=O)CCCN2CCCCCC2)[C@H]1c1ccccc1. The van der Waals surface area contributed by atoms with Gasteiger partial charge in [0.1, 0.15) is 6.04 Å². The first-order valence-corrected chi connectivity index (χ1v) is 11.9. The summed E-state index contributed by atoms with van der Waals surface area (Å²) in [6.07, 6.45) is 6.66. The molecule has 3 rings (SSSR count). The van der Waals surface area contributed by atoms with Gasteiger partial charge in [-0.2, -0.15) is 0 Å². The van der Waals surface area contributed by atoms with E-state index in [0.29, 0.717) is 12.8 Å². The maximum atomic E-state index is 13.5. The van der Waals surface area contributed by atoms with Gasteiger partial charge in [-0.1, -0.05) is 43.2 Å². The predicted molar refractivity (Wildman–Crippen MR) is 125 cm³/mol. The van der Waals surface area contributed by atoms with Crippen LogP contribution >= 0.6 is 0 Å². The molecule has 1 aromatic rings. The van der Waals surface area contributed by atoms with Gasteiger partial charge in [-0.15, -0.1) is 0 Å². The molecule has 2 fully saturated rings. The molecule has 176 valence electrons. The highest BCUT2D eigenvalue weighted by atomic mass is 16.2. The summed E-state index contributed by atoms with van der Waals surface area (Å²) in [4.78, 5) is 44.2. The Balaban J connectivity index is 1.79. The molecule has 0 aromatic heterocycles. The van der Waals surface area contributed by atoms with Gasteiger partial charge in [0.05, 0.1) is 12.1 Å². The molecular formula is C25H38N4O3. The van der Waals surface area contributed by atoms with Gasteiger partial charge < -0.3 is 20.0 Å². The lowest BCUT2D eigenvalue weighted by Gasteiger charge is -2.33. The molecule has 0 unspecified atom stereocenters. The molecular weight excluding hydrogens is 404 g/mol. The van der Waals surface area contributed by atoms with Crippen LogP contribution in [0, 0.1) is 0 Å². The van der Waals surface area contributed by atoms with Gasteiger partial charge in [-0.3, -0.25) is 14.4 Å². The van der Waals surface area contributed by atoms with Crippen molar-refractivity contribution in [3.05, 3.63) is 35.9 Å². The van der Waals surface area contributed by atoms with Crippen LogP contribution in [0.1, 0.15) is 63.5 Å². The third kappa shape index (κ3) is 6.09. The molecule has 1 N–H and O–H groups in total. The third-order valence-corrected chi connectivity index (χ3v) is 6.60. The van der Waals surface area contributed by atoms with Gasteiger partial charge in [0.25, 0.3) is 0 Å². The molecule has 2 aliphatic rings. The second kappa shape index (κ2) is 11.5. The Bertz CT molecular complexity index is 775. The molecule has 1 aromatic carbocycles. The lowest BCUT2D eigenvalue weighted by molar-refractivity contribution is -0.144. The molecule has 3 atom stereocenters. The summed E-state index contributed by atoms with van der Waals surface area (Å²) in [6, 6.07) is 8.53. The highest BCUT2D eigenvalue weighted by Crippen LogP contribution is 2.38. The van der Waals surface area contributed by atoms with E-state index in [9.17, 15) is 14.4 Å². The van der Waals surface area contributed by atoms with E-state index in [1.165, 1.54) is 32.6 Å². The molecule has 0 spiro atoms. The van der Waals surface area contributed by atoms with Crippen LogP contribution in [0.5, 0.6) is 0 Å². The van der Waals surface area contributed by atoms with E-state index in [1.807, 2.05) is 30.3 Å². The number of carbonyl (C=O) groups is 3. The van der Waals surface area contributed by atoms with Crippen molar-refractivity contribution >= 4 is 17.7 Å². The van der Waals surface area contributed by atoms with Crippen molar-refractivity contribution in [2.75, 3.05) is 33.7 Å². The van der Waals surface area contributed by atoms with E-state index in [2.05, 4.69) is 10.2 Å². The van der Waals surface area contributed by atoms with Gasteiger partial charge in [-0.25, -0.2) is 0 Å². The van der Waals surface area contributed by atoms with Gasteiger partial charge in [0.2, 0.25) is 17.7 Å². The van der Waals surface area contributed by atoms with Crippen LogP contribution in [0.4, 0.5) is 0 Å². The molecule has 0 aliphatic carbocycles. The van der Waals surface area contributed by atoms with Crippen molar-refractivity contribution in [2.24, 2.45) is 0 Å². The van der Waals surface area contributed by atoms with E-state index >= 15 is 0 Å². The van der Waals surface area contributed by atoms with Gasteiger partial charge >= 0.3 is 0 Å². The topological polar surface area (TPSA) is 73.0 Å². The average Bonchev–Trinajstić information content (AvgIpc) is 2.93. The first-order valence-electron chi connectivity index (χ1n) is 11.9. The van der Waals surface area contributed by atoms with Crippen LogP contribution < -0.4 is 5.32 Å². The Morgan fingerprint density at radius 1 is 1.03 bits per heavy atom. The maximum Gasteiger partial charge on any atom is 0.244 e. The minimum Gasteiger partial charge on any atom is -0.351 e. The summed E-state index contributed by atoms with van der Waals surface area (Å²) in [6.45, 7) is 4.61. The van der Waals surface area contributed by atoms with Crippen LogP contribution in [-0.2, 0) is 14.4 Å². The average molecular weight is 443 g/mol. The normalized spacial score (nSPS) is 24.1. The maximum absolute atomic E-state index is 13.5. The molecule has 0 saturated carbocycles. The zero-order chi connectivity index (χ0) is 23.1. The first kappa shape index (κ1) is 24.2. The molecule has 7 heteroatoms. The summed E-state index contributed by atoms with van der Waals surface area (Å²) in [7, 11) is 3.43. The lowest BCUT2D eigenvalue weighted by atomic mass is 9.99. The van der Waals surface area contributed by atoms with E-state index in [1.54, 1.807) is 23.9 Å². The number of benzene rings is 1. The van der Waals surface area contributed by atoms with E-state index < -0.39 is 6.04 Å². The monoisotopic (exact) mass is 442 g/mol. The van der Waals surface area contributed by atoms with E-state index in [4.69, 9.17) is 0 Å². The summed E-state index contributed by atoms with van der Waals surface area (Å²) in [5.41, 5.74) is 0.946. The van der Waals surface area contributed by atoms with E-state index in [-0.39, 0.29) is 29.8 Å². The summed E-state index contributed by atoms with van der Waals surface area (Å²) in [5, 5.41) is 3.00. The first-order chi connectivity index (χ1) is 15.4. The van der Waals surface area contributed by atoms with Crippen LogP contribution in [0.25, 0.3) is 0 Å². The van der Waals surface area contributed by atoms with Crippen LogP contribution in [0.15, 0.2) is 30.3 Å². The summed E-state index contributed by atoms with van der Waals surface area (Å²) in [5.74, 6) is -0.260. The van der Waals surface area contributed by atoms with Crippen LogP contribution in [0.3, 0.4) is 0 Å². The number of rotatable bonds is 7. The fourth-order valence-corrected chi connectivity index (χ4v) is 5.10. The number of hydrogen-bond acceptors (Lipinski definition) is 4. The van der Waals surface area contributed by atoms with Gasteiger partial charge in [0.15, 0.2) is 0 Å². The molecule has 32 heavy (non-hydrogen) atoms. The predicted octanol–water partition coefficient (Wildman–Crippen LogP) is 2.58. The largest absolute Gasteiger partial charge is 0.351 e. The van der Waals surface area contributed by atoms with Crippen molar-refractivity contribution in [3.8, 4) is 0 Å². The zero-order valence-corrected chi connectivity index (χ0v) is 19.8. The van der Waals surface area contributed by atoms with Gasteiger partial charge in [-0.05, 0) is 50.9 Å². The molecule has 0 bridgehead atoms. The number of nitrogens with zero attached hydrogens (tertiary/aromatic N) is 3. The van der Waals surface area contributed by atoms with Crippen molar-refractivity contribution in [1.29, 1.82) is 0 Å². The zero-order valence-electron chi connectivity index (χ0n) is 19.8. The molecule has 0 radical (unpaired) electrons. The van der Waals surface area contributed by atoms with E-state index in [0.717, 1.165) is 31.6 Å². The number of likely N-dealkylation sites (tertiary alicyclic amines) is 2. The minimum absolute atomic E-state index is 0.0123.